The number of para-hydroxylation sites is 1. The fourth-order valence-corrected chi connectivity index (χ4v) is 4.87. The summed E-state index contributed by atoms with van der Waals surface area (Å²) in [6, 6.07) is 14.3. The van der Waals surface area contributed by atoms with E-state index in [0.29, 0.717) is 39.0 Å². The average molecular weight is 435 g/mol. The number of hydrogen-bond donors (Lipinski definition) is 1. The Morgan fingerprint density at radius 1 is 1.03 bits per heavy atom. The summed E-state index contributed by atoms with van der Waals surface area (Å²) in [5.41, 5.74) is 3.01. The highest BCUT2D eigenvalue weighted by Crippen LogP contribution is 2.27. The lowest BCUT2D eigenvalue weighted by Crippen LogP contribution is -2.53. The fourth-order valence-electron chi connectivity index (χ4n) is 4.87. The number of likely N-dealkylation sites (tertiary alicyclic amines) is 1. The Kier molecular flexibility index (Phi) is 5.66. The number of amides is 2. The van der Waals surface area contributed by atoms with E-state index in [1.54, 1.807) is 17.0 Å². The topological polar surface area (TPSA) is 59.7 Å². The summed E-state index contributed by atoms with van der Waals surface area (Å²) >= 11 is 0. The minimum atomic E-state index is -0.397. The van der Waals surface area contributed by atoms with Crippen LogP contribution in [0, 0.1) is 5.82 Å². The molecular weight excluding hydrogens is 407 g/mol. The van der Waals surface area contributed by atoms with Crippen molar-refractivity contribution in [3.8, 4) is 0 Å². The summed E-state index contributed by atoms with van der Waals surface area (Å²) in [5, 5.41) is 1.09. The molecule has 2 fully saturated rings. The number of H-pyrrole nitrogens is 1. The van der Waals surface area contributed by atoms with Gasteiger partial charge in [0.2, 0.25) is 11.8 Å². The Morgan fingerprint density at radius 2 is 1.84 bits per heavy atom. The van der Waals surface area contributed by atoms with Crippen molar-refractivity contribution in [3.63, 3.8) is 0 Å². The normalized spacial score (nSPS) is 19.8. The second-order valence-corrected chi connectivity index (χ2v) is 8.67. The molecule has 0 bridgehead atoms. The van der Waals surface area contributed by atoms with Crippen LogP contribution in [0.25, 0.3) is 10.9 Å². The smallest absolute Gasteiger partial charge is 0.245 e. The number of carbonyl (C=O) groups is 2. The van der Waals surface area contributed by atoms with Gasteiger partial charge >= 0.3 is 0 Å². The van der Waals surface area contributed by atoms with Gasteiger partial charge in [-0.2, -0.15) is 0 Å². The van der Waals surface area contributed by atoms with Gasteiger partial charge in [-0.05, 0) is 35.7 Å². The number of halogens is 1. The number of aromatic amines is 1. The van der Waals surface area contributed by atoms with Gasteiger partial charge in [0, 0.05) is 62.8 Å². The first-order valence-corrected chi connectivity index (χ1v) is 11.2. The zero-order valence-electron chi connectivity index (χ0n) is 18.0. The van der Waals surface area contributed by atoms with Crippen molar-refractivity contribution < 1.29 is 14.0 Å². The molecule has 1 N–H and O–H groups in total. The van der Waals surface area contributed by atoms with Gasteiger partial charge in [0.1, 0.15) is 11.9 Å². The second kappa shape index (κ2) is 8.74. The van der Waals surface area contributed by atoms with E-state index < -0.39 is 6.04 Å². The molecule has 7 heteroatoms. The molecule has 2 aliphatic rings. The van der Waals surface area contributed by atoms with E-state index in [0.717, 1.165) is 35.1 Å². The van der Waals surface area contributed by atoms with Crippen molar-refractivity contribution in [2.45, 2.75) is 32.0 Å². The van der Waals surface area contributed by atoms with Crippen molar-refractivity contribution in [3.05, 3.63) is 71.7 Å². The molecule has 5 rings (SSSR count). The van der Waals surface area contributed by atoms with Crippen LogP contribution < -0.4 is 0 Å². The van der Waals surface area contributed by atoms with Gasteiger partial charge in [-0.25, -0.2) is 4.39 Å². The lowest BCUT2D eigenvalue weighted by atomic mass is 10.1. The molecule has 166 valence electrons. The van der Waals surface area contributed by atoms with Crippen molar-refractivity contribution in [1.82, 2.24) is 19.7 Å². The molecule has 0 radical (unpaired) electrons. The maximum absolute atomic E-state index is 13.4. The van der Waals surface area contributed by atoms with Crippen LogP contribution in [0.15, 0.2) is 54.7 Å². The van der Waals surface area contributed by atoms with Crippen LogP contribution in [0.5, 0.6) is 0 Å². The van der Waals surface area contributed by atoms with E-state index >= 15 is 0 Å². The summed E-state index contributed by atoms with van der Waals surface area (Å²) in [7, 11) is 0. The molecule has 1 aromatic heterocycles. The van der Waals surface area contributed by atoms with Crippen LogP contribution in [-0.2, 0) is 22.7 Å². The molecule has 6 nitrogen and oxygen atoms in total. The highest BCUT2D eigenvalue weighted by atomic mass is 19.1. The number of benzene rings is 2. The molecule has 1 atom stereocenters. The first-order valence-electron chi connectivity index (χ1n) is 11.2. The number of fused-ring (bicyclic) bond motifs is 1. The Hall–Kier alpha value is -3.19. The number of piperazine rings is 1. The van der Waals surface area contributed by atoms with E-state index in [1.807, 2.05) is 41.4 Å². The Balaban J connectivity index is 1.22. The van der Waals surface area contributed by atoms with Crippen LogP contribution >= 0.6 is 0 Å². The summed E-state index contributed by atoms with van der Waals surface area (Å²) in [6.45, 7) is 3.85. The van der Waals surface area contributed by atoms with Crippen LogP contribution in [0.1, 0.15) is 24.0 Å². The number of hydrogen-bond acceptors (Lipinski definition) is 3. The van der Waals surface area contributed by atoms with Gasteiger partial charge in [0.25, 0.3) is 0 Å². The molecule has 0 saturated carbocycles. The highest BCUT2D eigenvalue weighted by molar-refractivity contribution is 5.91. The Bertz CT molecular complexity index is 1140. The second-order valence-electron chi connectivity index (χ2n) is 8.67. The molecule has 2 aromatic carbocycles. The number of carbonyl (C=O) groups excluding carboxylic acids is 2. The minimum Gasteiger partial charge on any atom is -0.361 e. The van der Waals surface area contributed by atoms with Crippen molar-refractivity contribution in [1.29, 1.82) is 0 Å². The predicted molar refractivity (Wildman–Crippen MR) is 120 cm³/mol. The third-order valence-electron chi connectivity index (χ3n) is 6.61. The quantitative estimate of drug-likeness (QED) is 0.671. The molecule has 3 aromatic rings. The zero-order chi connectivity index (χ0) is 22.1. The lowest BCUT2D eigenvalue weighted by Gasteiger charge is -2.37. The number of rotatable bonds is 5. The molecule has 2 aliphatic heterocycles. The lowest BCUT2D eigenvalue weighted by molar-refractivity contribution is -0.143. The number of nitrogens with zero attached hydrogens (tertiary/aromatic N) is 3. The van der Waals surface area contributed by atoms with E-state index in [-0.39, 0.29) is 17.6 Å². The molecule has 3 heterocycles. The summed E-state index contributed by atoms with van der Waals surface area (Å²) < 4.78 is 13.4. The molecule has 0 aliphatic carbocycles. The average Bonchev–Trinajstić information content (AvgIpc) is 3.38. The van der Waals surface area contributed by atoms with E-state index in [1.165, 1.54) is 6.07 Å². The first-order chi connectivity index (χ1) is 15.6. The Labute approximate surface area is 186 Å². The highest BCUT2D eigenvalue weighted by Gasteiger charge is 2.39. The molecule has 1 unspecified atom stereocenters. The molecule has 2 amide bonds. The summed E-state index contributed by atoms with van der Waals surface area (Å²) in [6.07, 6.45) is 2.92. The maximum Gasteiger partial charge on any atom is 0.245 e. The van der Waals surface area contributed by atoms with Gasteiger partial charge in [0.15, 0.2) is 0 Å². The maximum atomic E-state index is 13.4. The first kappa shape index (κ1) is 20.7. The van der Waals surface area contributed by atoms with Gasteiger partial charge in [0.05, 0.1) is 0 Å². The van der Waals surface area contributed by atoms with Crippen molar-refractivity contribution in [2.75, 3.05) is 26.2 Å². The van der Waals surface area contributed by atoms with Gasteiger partial charge in [-0.1, -0.05) is 30.3 Å². The van der Waals surface area contributed by atoms with Gasteiger partial charge < -0.3 is 14.8 Å². The zero-order valence-corrected chi connectivity index (χ0v) is 18.0. The Morgan fingerprint density at radius 3 is 2.66 bits per heavy atom. The fraction of sp³-hybridized carbons (Fsp3) is 0.360. The van der Waals surface area contributed by atoms with E-state index in [9.17, 15) is 14.0 Å². The van der Waals surface area contributed by atoms with Crippen molar-refractivity contribution in [2.24, 2.45) is 0 Å². The third-order valence-corrected chi connectivity index (χ3v) is 6.61. The molecular formula is C25H27FN4O2. The van der Waals surface area contributed by atoms with Crippen LogP contribution in [0.4, 0.5) is 4.39 Å². The minimum absolute atomic E-state index is 0.0402. The van der Waals surface area contributed by atoms with Crippen LogP contribution in [0.3, 0.4) is 0 Å². The monoisotopic (exact) mass is 434 g/mol. The van der Waals surface area contributed by atoms with E-state index in [2.05, 4.69) is 9.88 Å². The predicted octanol–water partition coefficient (Wildman–Crippen LogP) is 3.14. The third kappa shape index (κ3) is 4.12. The molecule has 0 spiro atoms. The number of aromatic nitrogens is 1. The molecule has 2 saturated heterocycles. The van der Waals surface area contributed by atoms with Crippen LogP contribution in [0.2, 0.25) is 0 Å². The summed E-state index contributed by atoms with van der Waals surface area (Å²) in [4.78, 5) is 35.1. The largest absolute Gasteiger partial charge is 0.361 e. The van der Waals surface area contributed by atoms with Gasteiger partial charge in [-0.15, -0.1) is 0 Å². The standard InChI is InChI=1S/C25H27FN4O2/c26-20-5-3-4-18(14-20)16-28-10-12-29(13-11-28)25(32)23-8-9-24(31)30(23)17-19-15-27-22-7-2-1-6-21(19)22/h1-7,14-15,23,27H,8-13,16-17H2. The summed E-state index contributed by atoms with van der Waals surface area (Å²) in [5.74, 6) is -0.142. The van der Waals surface area contributed by atoms with E-state index in [4.69, 9.17) is 0 Å². The van der Waals surface area contributed by atoms with Gasteiger partial charge in [-0.3, -0.25) is 14.5 Å². The number of nitrogens with one attached hydrogen (secondary N) is 1. The van der Waals surface area contributed by atoms with Crippen LogP contribution in [-0.4, -0.2) is 63.7 Å². The van der Waals surface area contributed by atoms with Crippen molar-refractivity contribution >= 4 is 22.7 Å². The SMILES string of the molecule is O=C(C1CCC(=O)N1Cc1c[nH]c2ccccc12)N1CCN(Cc2cccc(F)c2)CC1. The molecule has 32 heavy (non-hydrogen) atoms.